The highest BCUT2D eigenvalue weighted by Crippen LogP contribution is 2.06. The van der Waals surface area contributed by atoms with Crippen molar-refractivity contribution in [2.45, 2.75) is 39.0 Å². The van der Waals surface area contributed by atoms with Gasteiger partial charge in [-0.25, -0.2) is 4.79 Å². The maximum atomic E-state index is 11.5. The van der Waals surface area contributed by atoms with Crippen LogP contribution in [-0.4, -0.2) is 41.3 Å². The van der Waals surface area contributed by atoms with Crippen LogP contribution in [-0.2, 0) is 9.59 Å². The molecule has 0 bridgehead atoms. The summed E-state index contributed by atoms with van der Waals surface area (Å²) in [6, 6.07) is -0.475. The van der Waals surface area contributed by atoms with Crippen molar-refractivity contribution in [3.8, 4) is 0 Å². The molecule has 6 heteroatoms. The summed E-state index contributed by atoms with van der Waals surface area (Å²) in [6.45, 7) is 2.12. The van der Waals surface area contributed by atoms with E-state index in [4.69, 9.17) is 0 Å². The molecule has 1 rings (SSSR count). The summed E-state index contributed by atoms with van der Waals surface area (Å²) < 4.78 is 0. The van der Waals surface area contributed by atoms with Crippen molar-refractivity contribution < 1.29 is 14.4 Å². The normalized spacial score (nSPS) is 15.6. The van der Waals surface area contributed by atoms with Crippen molar-refractivity contribution in [1.82, 2.24) is 15.3 Å². The Bertz CT molecular complexity index is 317. The number of nitrogens with zero attached hydrogens (tertiary/aromatic N) is 2. The van der Waals surface area contributed by atoms with Gasteiger partial charge >= 0.3 is 6.03 Å². The molecule has 1 N–H and O–H groups in total. The molecule has 0 atom stereocenters. The summed E-state index contributed by atoms with van der Waals surface area (Å²) in [5.41, 5.74) is 2.34. The second kappa shape index (κ2) is 6.22. The maximum Gasteiger partial charge on any atom is 0.346 e. The molecular formula is C11H19N3O3. The molecule has 0 aromatic carbocycles. The third-order valence-corrected chi connectivity index (χ3v) is 2.63. The molecule has 0 aliphatic carbocycles. The SMILES string of the molecule is CCCCCCC(=O)NN1C(=O)CN(C)C1=O. The Morgan fingerprint density at radius 3 is 2.53 bits per heavy atom. The molecule has 1 aliphatic rings. The number of imide groups is 1. The highest BCUT2D eigenvalue weighted by atomic mass is 16.2. The van der Waals surface area contributed by atoms with Crippen molar-refractivity contribution in [3.05, 3.63) is 0 Å². The Morgan fingerprint density at radius 2 is 2.00 bits per heavy atom. The number of hydrogen-bond acceptors (Lipinski definition) is 3. The van der Waals surface area contributed by atoms with Gasteiger partial charge in [-0.3, -0.25) is 15.0 Å². The maximum absolute atomic E-state index is 11.5. The quantitative estimate of drug-likeness (QED) is 0.554. The molecule has 6 nitrogen and oxygen atoms in total. The Morgan fingerprint density at radius 1 is 1.29 bits per heavy atom. The monoisotopic (exact) mass is 241 g/mol. The fraction of sp³-hybridized carbons (Fsp3) is 0.727. The van der Waals surface area contributed by atoms with Gasteiger partial charge in [0.2, 0.25) is 5.91 Å². The zero-order chi connectivity index (χ0) is 12.8. The first kappa shape index (κ1) is 13.5. The van der Waals surface area contributed by atoms with Gasteiger partial charge in [0, 0.05) is 13.5 Å². The van der Waals surface area contributed by atoms with E-state index in [1.165, 1.54) is 11.9 Å². The Balaban J connectivity index is 2.31. The van der Waals surface area contributed by atoms with Crippen LogP contribution in [0.25, 0.3) is 0 Å². The predicted molar refractivity (Wildman–Crippen MR) is 61.8 cm³/mol. The first-order chi connectivity index (χ1) is 8.06. The van der Waals surface area contributed by atoms with Crippen molar-refractivity contribution in [3.63, 3.8) is 0 Å². The van der Waals surface area contributed by atoms with Gasteiger partial charge in [0.05, 0.1) is 0 Å². The predicted octanol–water partition coefficient (Wildman–Crippen LogP) is 0.882. The van der Waals surface area contributed by atoms with E-state index in [-0.39, 0.29) is 18.4 Å². The summed E-state index contributed by atoms with van der Waals surface area (Å²) in [5.74, 6) is -0.669. The van der Waals surface area contributed by atoms with Crippen molar-refractivity contribution in [2.75, 3.05) is 13.6 Å². The molecule has 1 fully saturated rings. The Labute approximate surface area is 101 Å². The number of likely N-dealkylation sites (N-methyl/N-ethyl adjacent to an activating group) is 1. The topological polar surface area (TPSA) is 69.7 Å². The molecule has 1 aliphatic heterocycles. The highest BCUT2D eigenvalue weighted by molar-refractivity contribution is 6.03. The zero-order valence-corrected chi connectivity index (χ0v) is 10.4. The van der Waals surface area contributed by atoms with Gasteiger partial charge in [-0.15, -0.1) is 0 Å². The third-order valence-electron chi connectivity index (χ3n) is 2.63. The smallest absolute Gasteiger partial charge is 0.316 e. The lowest BCUT2D eigenvalue weighted by Crippen LogP contribution is -2.46. The van der Waals surface area contributed by atoms with Crippen LogP contribution in [0.4, 0.5) is 4.79 Å². The van der Waals surface area contributed by atoms with E-state index >= 15 is 0 Å². The summed E-state index contributed by atoms with van der Waals surface area (Å²) in [7, 11) is 1.52. The minimum atomic E-state index is -0.475. The standard InChI is InChI=1S/C11H19N3O3/c1-3-4-5-6-7-9(15)12-14-10(16)8-13(2)11(14)17/h3-8H2,1-2H3,(H,12,15). The number of carbonyl (C=O) groups excluding carboxylic acids is 3. The van der Waals surface area contributed by atoms with Gasteiger partial charge in [-0.05, 0) is 6.42 Å². The zero-order valence-electron chi connectivity index (χ0n) is 10.4. The fourth-order valence-corrected chi connectivity index (χ4v) is 1.62. The minimum Gasteiger partial charge on any atom is -0.316 e. The van der Waals surface area contributed by atoms with Gasteiger partial charge in [-0.2, -0.15) is 5.01 Å². The van der Waals surface area contributed by atoms with E-state index in [1.807, 2.05) is 0 Å². The number of carbonyl (C=O) groups is 3. The van der Waals surface area contributed by atoms with E-state index < -0.39 is 6.03 Å². The molecule has 17 heavy (non-hydrogen) atoms. The minimum absolute atomic E-state index is 0.0228. The van der Waals surface area contributed by atoms with Crippen LogP contribution < -0.4 is 5.43 Å². The lowest BCUT2D eigenvalue weighted by Gasteiger charge is -2.14. The number of amides is 4. The fourth-order valence-electron chi connectivity index (χ4n) is 1.62. The largest absolute Gasteiger partial charge is 0.346 e. The lowest BCUT2D eigenvalue weighted by atomic mass is 10.1. The van der Waals surface area contributed by atoms with Crippen LogP contribution in [0.3, 0.4) is 0 Å². The van der Waals surface area contributed by atoms with E-state index in [1.54, 1.807) is 0 Å². The van der Waals surface area contributed by atoms with Gasteiger partial charge < -0.3 is 4.90 Å². The third kappa shape index (κ3) is 3.72. The molecule has 1 saturated heterocycles. The average molecular weight is 241 g/mol. The number of urea groups is 1. The van der Waals surface area contributed by atoms with Crippen molar-refractivity contribution in [2.24, 2.45) is 0 Å². The molecule has 0 saturated carbocycles. The van der Waals surface area contributed by atoms with Gasteiger partial charge in [-0.1, -0.05) is 26.2 Å². The van der Waals surface area contributed by atoms with Crippen LogP contribution in [0.15, 0.2) is 0 Å². The van der Waals surface area contributed by atoms with Crippen LogP contribution in [0.2, 0.25) is 0 Å². The molecule has 4 amide bonds. The molecule has 1 heterocycles. The molecule has 0 aromatic heterocycles. The van der Waals surface area contributed by atoms with E-state index in [2.05, 4.69) is 12.3 Å². The van der Waals surface area contributed by atoms with Crippen molar-refractivity contribution >= 4 is 17.8 Å². The van der Waals surface area contributed by atoms with E-state index in [0.29, 0.717) is 6.42 Å². The van der Waals surface area contributed by atoms with E-state index in [9.17, 15) is 14.4 Å². The number of hydrogen-bond donors (Lipinski definition) is 1. The van der Waals surface area contributed by atoms with Crippen LogP contribution in [0.1, 0.15) is 39.0 Å². The molecule has 0 unspecified atom stereocenters. The first-order valence-corrected chi connectivity index (χ1v) is 5.93. The van der Waals surface area contributed by atoms with Gasteiger partial charge in [0.1, 0.15) is 6.54 Å². The average Bonchev–Trinajstić information content (AvgIpc) is 2.52. The van der Waals surface area contributed by atoms with Crippen molar-refractivity contribution in [1.29, 1.82) is 0 Å². The van der Waals surface area contributed by atoms with Crippen LogP contribution in [0.5, 0.6) is 0 Å². The number of nitrogens with one attached hydrogen (secondary N) is 1. The second-order valence-electron chi connectivity index (χ2n) is 4.21. The summed E-state index contributed by atoms with van der Waals surface area (Å²) in [4.78, 5) is 35.5. The molecule has 0 aromatic rings. The van der Waals surface area contributed by atoms with Gasteiger partial charge in [0.25, 0.3) is 5.91 Å². The summed E-state index contributed by atoms with van der Waals surface area (Å²) in [6.07, 6.45) is 4.32. The number of unbranched alkanes of at least 4 members (excludes halogenated alkanes) is 3. The molecule has 0 spiro atoms. The van der Waals surface area contributed by atoms with Gasteiger partial charge in [0.15, 0.2) is 0 Å². The molecule has 0 radical (unpaired) electrons. The van der Waals surface area contributed by atoms with Crippen LogP contribution in [0, 0.1) is 0 Å². The number of rotatable bonds is 6. The summed E-state index contributed by atoms with van der Waals surface area (Å²) in [5, 5.41) is 0.794. The summed E-state index contributed by atoms with van der Waals surface area (Å²) >= 11 is 0. The highest BCUT2D eigenvalue weighted by Gasteiger charge is 2.34. The van der Waals surface area contributed by atoms with Crippen LogP contribution >= 0.6 is 0 Å². The first-order valence-electron chi connectivity index (χ1n) is 5.93. The Hall–Kier alpha value is -1.59. The second-order valence-corrected chi connectivity index (χ2v) is 4.21. The molecular weight excluding hydrogens is 222 g/mol. The molecule has 96 valence electrons. The van der Waals surface area contributed by atoms with E-state index in [0.717, 1.165) is 30.7 Å². The lowest BCUT2D eigenvalue weighted by molar-refractivity contribution is -0.135. The number of hydrazine groups is 1. The Kier molecular flexibility index (Phi) is 4.93.